The van der Waals surface area contributed by atoms with E-state index in [4.69, 9.17) is 4.52 Å². The fourth-order valence-corrected chi connectivity index (χ4v) is 4.68. The van der Waals surface area contributed by atoms with E-state index in [1.807, 2.05) is 22.4 Å². The third-order valence-electron chi connectivity index (χ3n) is 5.32. The molecule has 0 saturated carbocycles. The van der Waals surface area contributed by atoms with Gasteiger partial charge in [-0.05, 0) is 54.3 Å². The van der Waals surface area contributed by atoms with Crippen molar-refractivity contribution in [3.63, 3.8) is 0 Å². The quantitative estimate of drug-likeness (QED) is 0.698. The van der Waals surface area contributed by atoms with Crippen molar-refractivity contribution < 1.29 is 9.32 Å². The Morgan fingerprint density at radius 3 is 2.96 bits per heavy atom. The van der Waals surface area contributed by atoms with Gasteiger partial charge in [0, 0.05) is 18.7 Å². The Morgan fingerprint density at radius 2 is 2.08 bits per heavy atom. The molecule has 5 nitrogen and oxygen atoms in total. The number of rotatable bonds is 3. The molecule has 132 valence electrons. The third kappa shape index (κ3) is 2.65. The standard InChI is InChI=1S/C20H19N3O2S/c24-18-11-14(20-21-19(22-25-20)17-9-4-10-26-17)12-23(18)16-8-3-6-13-5-1-2-7-15(13)16/h3-4,6,8-10,14H,1-2,5,7,11-12H2. The number of carbonyl (C=O) groups excluding carboxylic acids is 1. The van der Waals surface area contributed by atoms with E-state index >= 15 is 0 Å². The summed E-state index contributed by atoms with van der Waals surface area (Å²) >= 11 is 1.58. The molecule has 26 heavy (non-hydrogen) atoms. The highest BCUT2D eigenvalue weighted by atomic mass is 32.1. The van der Waals surface area contributed by atoms with Gasteiger partial charge in [0.25, 0.3) is 0 Å². The van der Waals surface area contributed by atoms with E-state index in [0.29, 0.717) is 24.7 Å². The van der Waals surface area contributed by atoms with Crippen LogP contribution in [0.15, 0.2) is 40.2 Å². The number of nitrogens with zero attached hydrogens (tertiary/aromatic N) is 3. The Balaban J connectivity index is 1.42. The summed E-state index contributed by atoms with van der Waals surface area (Å²) in [4.78, 5) is 20.2. The van der Waals surface area contributed by atoms with Crippen molar-refractivity contribution in [2.24, 2.45) is 0 Å². The van der Waals surface area contributed by atoms with E-state index in [1.165, 1.54) is 24.0 Å². The van der Waals surface area contributed by atoms with Gasteiger partial charge in [-0.2, -0.15) is 4.98 Å². The smallest absolute Gasteiger partial charge is 0.232 e. The second kappa shape index (κ2) is 6.36. The number of thiophene rings is 1. The molecule has 1 unspecified atom stereocenters. The lowest BCUT2D eigenvalue weighted by Crippen LogP contribution is -2.26. The van der Waals surface area contributed by atoms with E-state index in [2.05, 4.69) is 28.3 Å². The van der Waals surface area contributed by atoms with E-state index in [9.17, 15) is 4.79 Å². The Labute approximate surface area is 155 Å². The molecule has 3 aromatic rings. The summed E-state index contributed by atoms with van der Waals surface area (Å²) < 4.78 is 5.48. The molecule has 0 spiro atoms. The Hall–Kier alpha value is -2.47. The zero-order chi connectivity index (χ0) is 17.5. The molecule has 1 aliphatic carbocycles. The van der Waals surface area contributed by atoms with Gasteiger partial charge < -0.3 is 9.42 Å². The first-order chi connectivity index (χ1) is 12.8. The average Bonchev–Trinajstić information content (AvgIpc) is 3.41. The zero-order valence-electron chi connectivity index (χ0n) is 14.4. The van der Waals surface area contributed by atoms with Crippen molar-refractivity contribution in [2.45, 2.75) is 38.0 Å². The molecular formula is C20H19N3O2S. The lowest BCUT2D eigenvalue weighted by Gasteiger charge is -2.25. The molecule has 1 aromatic carbocycles. The number of aryl methyl sites for hydroxylation is 1. The van der Waals surface area contributed by atoms with Gasteiger partial charge in [0.05, 0.1) is 10.8 Å². The second-order valence-electron chi connectivity index (χ2n) is 6.96. The summed E-state index contributed by atoms with van der Waals surface area (Å²) in [6.45, 7) is 0.612. The van der Waals surface area contributed by atoms with Crippen LogP contribution in [0.3, 0.4) is 0 Å². The first kappa shape index (κ1) is 15.8. The summed E-state index contributed by atoms with van der Waals surface area (Å²) in [5, 5.41) is 6.08. The Bertz CT molecular complexity index is 948. The number of aromatic nitrogens is 2. The highest BCUT2D eigenvalue weighted by Crippen LogP contribution is 2.37. The van der Waals surface area contributed by atoms with Gasteiger partial charge in [-0.1, -0.05) is 23.4 Å². The molecule has 1 atom stereocenters. The average molecular weight is 365 g/mol. The number of carbonyl (C=O) groups is 1. The van der Waals surface area contributed by atoms with Crippen molar-refractivity contribution >= 4 is 22.9 Å². The Kier molecular flexibility index (Phi) is 3.85. The summed E-state index contributed by atoms with van der Waals surface area (Å²) in [7, 11) is 0. The van der Waals surface area contributed by atoms with Crippen LogP contribution in [-0.2, 0) is 17.6 Å². The predicted octanol–water partition coefficient (Wildman–Crippen LogP) is 4.20. The maximum atomic E-state index is 12.7. The third-order valence-corrected chi connectivity index (χ3v) is 6.19. The van der Waals surface area contributed by atoms with Crippen LogP contribution in [0.25, 0.3) is 10.7 Å². The van der Waals surface area contributed by atoms with Crippen molar-refractivity contribution in [1.29, 1.82) is 0 Å². The first-order valence-corrected chi connectivity index (χ1v) is 9.96. The van der Waals surface area contributed by atoms with Crippen molar-refractivity contribution in [2.75, 3.05) is 11.4 Å². The summed E-state index contributed by atoms with van der Waals surface area (Å²) in [5.41, 5.74) is 3.81. The van der Waals surface area contributed by atoms with Crippen LogP contribution >= 0.6 is 11.3 Å². The molecule has 6 heteroatoms. The highest BCUT2D eigenvalue weighted by molar-refractivity contribution is 7.13. The lowest BCUT2D eigenvalue weighted by atomic mass is 9.90. The number of hydrogen-bond donors (Lipinski definition) is 0. The lowest BCUT2D eigenvalue weighted by molar-refractivity contribution is -0.117. The van der Waals surface area contributed by atoms with Gasteiger partial charge in [-0.3, -0.25) is 4.79 Å². The first-order valence-electron chi connectivity index (χ1n) is 9.08. The van der Waals surface area contributed by atoms with E-state index < -0.39 is 0 Å². The number of anilines is 1. The van der Waals surface area contributed by atoms with Crippen molar-refractivity contribution in [3.05, 3.63) is 52.7 Å². The van der Waals surface area contributed by atoms with Gasteiger partial charge in [0.1, 0.15) is 0 Å². The van der Waals surface area contributed by atoms with Crippen molar-refractivity contribution in [1.82, 2.24) is 10.1 Å². The van der Waals surface area contributed by atoms with E-state index in [-0.39, 0.29) is 11.8 Å². The summed E-state index contributed by atoms with van der Waals surface area (Å²) in [6.07, 6.45) is 5.03. The minimum atomic E-state index is -0.0387. The second-order valence-corrected chi connectivity index (χ2v) is 7.91. The van der Waals surface area contributed by atoms with E-state index in [0.717, 1.165) is 23.4 Å². The molecule has 1 aliphatic heterocycles. The summed E-state index contributed by atoms with van der Waals surface area (Å²) in [6, 6.07) is 10.3. The minimum absolute atomic E-state index is 0.0387. The molecule has 2 aromatic heterocycles. The van der Waals surface area contributed by atoms with Crippen LogP contribution in [0.4, 0.5) is 5.69 Å². The van der Waals surface area contributed by atoms with Gasteiger partial charge >= 0.3 is 0 Å². The summed E-state index contributed by atoms with van der Waals surface area (Å²) in [5.74, 6) is 1.28. The van der Waals surface area contributed by atoms with Crippen LogP contribution in [0.1, 0.15) is 42.2 Å². The Morgan fingerprint density at radius 1 is 1.15 bits per heavy atom. The molecule has 0 N–H and O–H groups in total. The molecule has 2 aliphatic rings. The largest absolute Gasteiger partial charge is 0.339 e. The fourth-order valence-electron chi connectivity index (χ4n) is 4.03. The van der Waals surface area contributed by atoms with Gasteiger partial charge in [0.2, 0.25) is 17.6 Å². The van der Waals surface area contributed by atoms with Crippen LogP contribution in [0.2, 0.25) is 0 Å². The molecule has 1 amide bonds. The normalized spacial score (nSPS) is 19.8. The molecule has 1 saturated heterocycles. The van der Waals surface area contributed by atoms with Crippen molar-refractivity contribution in [3.8, 4) is 10.7 Å². The van der Waals surface area contributed by atoms with Gasteiger partial charge in [-0.15, -0.1) is 11.3 Å². The van der Waals surface area contributed by atoms with Gasteiger partial charge in [0.15, 0.2) is 0 Å². The fraction of sp³-hybridized carbons (Fsp3) is 0.350. The molecule has 0 bridgehead atoms. The van der Waals surface area contributed by atoms with Crippen LogP contribution in [0.5, 0.6) is 0 Å². The molecule has 3 heterocycles. The van der Waals surface area contributed by atoms with Gasteiger partial charge in [-0.25, -0.2) is 0 Å². The van der Waals surface area contributed by atoms with E-state index in [1.54, 1.807) is 11.3 Å². The molecule has 1 fully saturated rings. The molecular weight excluding hydrogens is 346 g/mol. The zero-order valence-corrected chi connectivity index (χ0v) is 15.2. The SMILES string of the molecule is O=C1CC(c2nc(-c3cccs3)no2)CN1c1cccc2c1CCCC2. The molecule has 5 rings (SSSR count). The number of amides is 1. The maximum Gasteiger partial charge on any atom is 0.232 e. The topological polar surface area (TPSA) is 59.2 Å². The van der Waals surface area contributed by atoms with Crippen LogP contribution < -0.4 is 4.90 Å². The van der Waals surface area contributed by atoms with Crippen LogP contribution in [0, 0.1) is 0 Å². The highest BCUT2D eigenvalue weighted by Gasteiger charge is 2.36. The molecule has 0 radical (unpaired) electrons. The predicted molar refractivity (Wildman–Crippen MR) is 100 cm³/mol. The number of benzene rings is 1. The number of fused-ring (bicyclic) bond motifs is 1. The maximum absolute atomic E-state index is 12.7. The minimum Gasteiger partial charge on any atom is -0.339 e. The van der Waals surface area contributed by atoms with Crippen LogP contribution in [-0.4, -0.2) is 22.6 Å². The number of hydrogen-bond acceptors (Lipinski definition) is 5. The monoisotopic (exact) mass is 365 g/mol.